The fraction of sp³-hybridized carbons (Fsp3) is 0.263. The topological polar surface area (TPSA) is 75.8 Å². The van der Waals surface area contributed by atoms with Crippen molar-refractivity contribution in [2.45, 2.75) is 25.2 Å². The summed E-state index contributed by atoms with van der Waals surface area (Å²) in [4.78, 5) is 18.4. The summed E-state index contributed by atoms with van der Waals surface area (Å²) in [5, 5.41) is 10.0. The van der Waals surface area contributed by atoms with Crippen molar-refractivity contribution in [3.05, 3.63) is 66.1 Å². The summed E-state index contributed by atoms with van der Waals surface area (Å²) in [6.45, 7) is 0.392. The summed E-state index contributed by atoms with van der Waals surface area (Å²) in [6.07, 6.45) is -0.718. The number of β-amino-alcohol motifs (C(OH)–C–C–N with tert-alkyl or cyclic N) is 1. The first-order chi connectivity index (χ1) is 12.2. The first-order valence-electron chi connectivity index (χ1n) is 8.21. The molecule has 1 amide bonds. The van der Waals surface area contributed by atoms with Gasteiger partial charge in [-0.1, -0.05) is 42.5 Å². The van der Waals surface area contributed by atoms with Gasteiger partial charge in [0.05, 0.1) is 12.6 Å². The van der Waals surface area contributed by atoms with E-state index in [-0.39, 0.29) is 13.2 Å². The molecule has 2 aromatic carbocycles. The van der Waals surface area contributed by atoms with Gasteiger partial charge in [-0.2, -0.15) is 0 Å². The van der Waals surface area contributed by atoms with E-state index in [0.29, 0.717) is 17.9 Å². The first kappa shape index (κ1) is 15.7. The summed E-state index contributed by atoms with van der Waals surface area (Å²) < 4.78 is 11.2. The predicted octanol–water partition coefficient (Wildman–Crippen LogP) is 3.27. The van der Waals surface area contributed by atoms with Crippen molar-refractivity contribution in [3.8, 4) is 0 Å². The van der Waals surface area contributed by atoms with Crippen molar-refractivity contribution in [2.24, 2.45) is 0 Å². The summed E-state index contributed by atoms with van der Waals surface area (Å²) in [6, 6.07) is 16.5. The molecule has 1 N–H and O–H groups in total. The van der Waals surface area contributed by atoms with Crippen LogP contribution >= 0.6 is 0 Å². The first-order valence-corrected chi connectivity index (χ1v) is 8.21. The van der Waals surface area contributed by atoms with Gasteiger partial charge >= 0.3 is 6.09 Å². The van der Waals surface area contributed by atoms with Crippen LogP contribution in [0.15, 0.2) is 59.0 Å². The van der Waals surface area contributed by atoms with E-state index in [1.807, 2.05) is 54.6 Å². The molecule has 2 atom stereocenters. The van der Waals surface area contributed by atoms with Crippen molar-refractivity contribution < 1.29 is 19.1 Å². The molecular formula is C19H18N2O4. The molecule has 0 saturated carbocycles. The normalized spacial score (nSPS) is 20.1. The number of hydrogen-bond donors (Lipinski definition) is 1. The molecule has 3 aromatic rings. The molecule has 6 nitrogen and oxygen atoms in total. The highest BCUT2D eigenvalue weighted by Crippen LogP contribution is 2.34. The summed E-state index contributed by atoms with van der Waals surface area (Å²) in [5.41, 5.74) is 2.31. The highest BCUT2D eigenvalue weighted by Gasteiger charge is 2.39. The van der Waals surface area contributed by atoms with Crippen LogP contribution < -0.4 is 0 Å². The monoisotopic (exact) mass is 338 g/mol. The second-order valence-corrected chi connectivity index (χ2v) is 6.12. The number of likely N-dealkylation sites (tertiary alicyclic amines) is 1. The lowest BCUT2D eigenvalue weighted by atomic mass is 10.2. The van der Waals surface area contributed by atoms with E-state index in [1.165, 1.54) is 4.90 Å². The Labute approximate surface area is 144 Å². The van der Waals surface area contributed by atoms with Gasteiger partial charge in [0.2, 0.25) is 5.89 Å². The Morgan fingerprint density at radius 1 is 1.20 bits per heavy atom. The van der Waals surface area contributed by atoms with Crippen molar-refractivity contribution in [2.75, 3.05) is 6.54 Å². The van der Waals surface area contributed by atoms with Gasteiger partial charge in [0.25, 0.3) is 0 Å². The van der Waals surface area contributed by atoms with Gasteiger partial charge in [-0.3, -0.25) is 4.90 Å². The van der Waals surface area contributed by atoms with Crippen LogP contribution in [-0.4, -0.2) is 33.7 Å². The molecule has 1 aromatic heterocycles. The second kappa shape index (κ2) is 6.57. The van der Waals surface area contributed by atoms with Gasteiger partial charge in [0, 0.05) is 6.42 Å². The molecule has 0 bridgehead atoms. The second-order valence-electron chi connectivity index (χ2n) is 6.12. The van der Waals surface area contributed by atoms with Gasteiger partial charge < -0.3 is 14.3 Å². The summed E-state index contributed by atoms with van der Waals surface area (Å²) >= 11 is 0. The maximum Gasteiger partial charge on any atom is 0.410 e. The smallest absolute Gasteiger partial charge is 0.410 e. The van der Waals surface area contributed by atoms with Gasteiger partial charge in [-0.05, 0) is 17.7 Å². The van der Waals surface area contributed by atoms with Gasteiger partial charge in [0.1, 0.15) is 18.2 Å². The van der Waals surface area contributed by atoms with Gasteiger partial charge in [-0.15, -0.1) is 0 Å². The van der Waals surface area contributed by atoms with E-state index in [9.17, 15) is 9.90 Å². The fourth-order valence-corrected chi connectivity index (χ4v) is 3.08. The zero-order valence-corrected chi connectivity index (χ0v) is 13.5. The maximum atomic E-state index is 12.5. The van der Waals surface area contributed by atoms with Crippen LogP contribution in [-0.2, 0) is 11.3 Å². The number of nitrogens with zero attached hydrogens (tertiary/aromatic N) is 2. The van der Waals surface area contributed by atoms with E-state index in [2.05, 4.69) is 4.98 Å². The molecule has 0 aliphatic carbocycles. The third kappa shape index (κ3) is 3.21. The predicted molar refractivity (Wildman–Crippen MR) is 90.7 cm³/mol. The number of carbonyl (C=O) groups is 1. The van der Waals surface area contributed by atoms with Crippen LogP contribution in [0.3, 0.4) is 0 Å². The maximum absolute atomic E-state index is 12.5. The molecule has 128 valence electrons. The number of benzene rings is 2. The highest BCUT2D eigenvalue weighted by molar-refractivity contribution is 5.73. The van der Waals surface area contributed by atoms with Crippen molar-refractivity contribution in [1.82, 2.24) is 9.88 Å². The minimum atomic E-state index is -0.621. The summed E-state index contributed by atoms with van der Waals surface area (Å²) in [5.74, 6) is 0.425. The highest BCUT2D eigenvalue weighted by atomic mass is 16.6. The van der Waals surface area contributed by atoms with Crippen LogP contribution in [0, 0.1) is 0 Å². The Hall–Kier alpha value is -2.86. The minimum Gasteiger partial charge on any atom is -0.445 e. The Morgan fingerprint density at radius 2 is 1.96 bits per heavy atom. The molecule has 4 rings (SSSR count). The lowest BCUT2D eigenvalue weighted by Gasteiger charge is -2.21. The number of ether oxygens (including phenoxy) is 1. The Morgan fingerprint density at radius 3 is 2.76 bits per heavy atom. The SMILES string of the molecule is O=C(OCc1ccccc1)N1C[C@H](O)C[C@H]1c1nc2ccccc2o1. The van der Waals surface area contributed by atoms with E-state index in [4.69, 9.17) is 9.15 Å². The fourth-order valence-electron chi connectivity index (χ4n) is 3.08. The number of fused-ring (bicyclic) bond motifs is 1. The van der Waals surface area contributed by atoms with E-state index in [0.717, 1.165) is 11.1 Å². The number of aromatic nitrogens is 1. The molecule has 0 spiro atoms. The van der Waals surface area contributed by atoms with Crippen LogP contribution in [0.2, 0.25) is 0 Å². The molecule has 0 radical (unpaired) electrons. The lowest BCUT2D eigenvalue weighted by molar-refractivity contribution is 0.0844. The van der Waals surface area contributed by atoms with Gasteiger partial charge in [0.15, 0.2) is 5.58 Å². The Kier molecular flexibility index (Phi) is 4.11. The standard InChI is InChI=1S/C19H18N2O4/c22-14-10-16(18-20-15-8-4-5-9-17(15)25-18)21(11-14)19(23)24-12-13-6-2-1-3-7-13/h1-9,14,16,22H,10-12H2/t14-,16+/m1/s1. The lowest BCUT2D eigenvalue weighted by Crippen LogP contribution is -2.32. The van der Waals surface area contributed by atoms with E-state index in [1.54, 1.807) is 0 Å². The van der Waals surface area contributed by atoms with Crippen molar-refractivity contribution in [1.29, 1.82) is 0 Å². The molecule has 0 unspecified atom stereocenters. The molecule has 2 heterocycles. The number of amides is 1. The van der Waals surface area contributed by atoms with Crippen molar-refractivity contribution >= 4 is 17.2 Å². The third-order valence-electron chi connectivity index (χ3n) is 4.31. The largest absolute Gasteiger partial charge is 0.445 e. The van der Waals surface area contributed by atoms with Crippen LogP contribution in [0.1, 0.15) is 23.9 Å². The third-order valence-corrected chi connectivity index (χ3v) is 4.31. The number of aliphatic hydroxyl groups excluding tert-OH is 1. The molecule has 1 aliphatic rings. The number of oxazole rings is 1. The Bertz CT molecular complexity index is 844. The molecule has 1 saturated heterocycles. The van der Waals surface area contributed by atoms with Crippen molar-refractivity contribution in [3.63, 3.8) is 0 Å². The summed E-state index contributed by atoms with van der Waals surface area (Å²) in [7, 11) is 0. The zero-order valence-electron chi connectivity index (χ0n) is 13.5. The average Bonchev–Trinajstić information content (AvgIpc) is 3.23. The van der Waals surface area contributed by atoms with E-state index < -0.39 is 18.2 Å². The van der Waals surface area contributed by atoms with Crippen LogP contribution in [0.4, 0.5) is 4.79 Å². The molecule has 1 fully saturated rings. The van der Waals surface area contributed by atoms with Crippen LogP contribution in [0.25, 0.3) is 11.1 Å². The quantitative estimate of drug-likeness (QED) is 0.793. The Balaban J connectivity index is 1.51. The number of hydrogen-bond acceptors (Lipinski definition) is 5. The molecular weight excluding hydrogens is 320 g/mol. The molecule has 25 heavy (non-hydrogen) atoms. The number of para-hydroxylation sites is 2. The van der Waals surface area contributed by atoms with Gasteiger partial charge in [-0.25, -0.2) is 9.78 Å². The minimum absolute atomic E-state index is 0.187. The number of rotatable bonds is 3. The average molecular weight is 338 g/mol. The number of carbonyl (C=O) groups excluding carboxylic acids is 1. The number of aliphatic hydroxyl groups is 1. The molecule has 6 heteroatoms. The molecule has 1 aliphatic heterocycles. The van der Waals surface area contributed by atoms with E-state index >= 15 is 0 Å². The van der Waals surface area contributed by atoms with Crippen LogP contribution in [0.5, 0.6) is 0 Å². The zero-order chi connectivity index (χ0) is 17.2.